The van der Waals surface area contributed by atoms with Crippen molar-refractivity contribution in [3.8, 4) is 11.6 Å². The lowest BCUT2D eigenvalue weighted by molar-refractivity contribution is -0.105. The first-order chi connectivity index (χ1) is 12.7. The number of benzene rings is 2. The maximum atomic E-state index is 10.8. The summed E-state index contributed by atoms with van der Waals surface area (Å²) in [6, 6.07) is 13.2. The van der Waals surface area contributed by atoms with Crippen molar-refractivity contribution in [1.82, 2.24) is 9.97 Å². The number of hydrogen-bond acceptors (Lipinski definition) is 5. The van der Waals surface area contributed by atoms with Crippen molar-refractivity contribution in [3.63, 3.8) is 0 Å². The third kappa shape index (κ3) is 3.59. The molecule has 0 atom stereocenters. The molecular formula is C20H20N4O2. The minimum atomic E-state index is 0.497. The van der Waals surface area contributed by atoms with E-state index in [-0.39, 0.29) is 0 Å². The SMILES string of the molecule is Cc1cc(Oc2ccc(NC=O)c3ccccc23)nc(NCC2CC2)n1. The van der Waals surface area contributed by atoms with Crippen LogP contribution in [0.2, 0.25) is 0 Å². The summed E-state index contributed by atoms with van der Waals surface area (Å²) in [7, 11) is 0. The minimum Gasteiger partial charge on any atom is -0.438 e. The maximum Gasteiger partial charge on any atom is 0.226 e. The first-order valence-corrected chi connectivity index (χ1v) is 8.72. The molecule has 1 aliphatic rings. The molecule has 132 valence electrons. The highest BCUT2D eigenvalue weighted by Crippen LogP contribution is 2.34. The maximum absolute atomic E-state index is 10.8. The van der Waals surface area contributed by atoms with Crippen LogP contribution in [0.1, 0.15) is 18.5 Å². The van der Waals surface area contributed by atoms with Gasteiger partial charge in [-0.2, -0.15) is 4.98 Å². The number of anilines is 2. The molecule has 6 nitrogen and oxygen atoms in total. The molecule has 0 spiro atoms. The second-order valence-corrected chi connectivity index (χ2v) is 6.52. The summed E-state index contributed by atoms with van der Waals surface area (Å²) in [5.41, 5.74) is 1.59. The van der Waals surface area contributed by atoms with Crippen LogP contribution in [0.5, 0.6) is 11.6 Å². The molecule has 26 heavy (non-hydrogen) atoms. The highest BCUT2D eigenvalue weighted by Gasteiger charge is 2.21. The van der Waals surface area contributed by atoms with E-state index in [1.54, 1.807) is 0 Å². The Hall–Kier alpha value is -3.15. The van der Waals surface area contributed by atoms with Gasteiger partial charge in [-0.05, 0) is 37.8 Å². The summed E-state index contributed by atoms with van der Waals surface area (Å²) in [4.78, 5) is 19.7. The third-order valence-electron chi connectivity index (χ3n) is 4.39. The van der Waals surface area contributed by atoms with E-state index in [0.717, 1.165) is 34.6 Å². The van der Waals surface area contributed by atoms with Gasteiger partial charge in [0.2, 0.25) is 18.2 Å². The van der Waals surface area contributed by atoms with Crippen molar-refractivity contribution in [1.29, 1.82) is 0 Å². The van der Waals surface area contributed by atoms with Crippen LogP contribution in [0.15, 0.2) is 42.5 Å². The summed E-state index contributed by atoms with van der Waals surface area (Å²) in [5.74, 6) is 2.51. The average Bonchev–Trinajstić information content (AvgIpc) is 3.46. The minimum absolute atomic E-state index is 0.497. The molecule has 0 bridgehead atoms. The van der Waals surface area contributed by atoms with Crippen LogP contribution in [-0.2, 0) is 4.79 Å². The molecule has 6 heteroatoms. The average molecular weight is 348 g/mol. The second-order valence-electron chi connectivity index (χ2n) is 6.52. The molecule has 4 rings (SSSR count). The Balaban J connectivity index is 1.64. The van der Waals surface area contributed by atoms with Gasteiger partial charge in [0.15, 0.2) is 0 Å². The molecule has 3 aromatic rings. The number of aromatic nitrogens is 2. The molecule has 0 unspecified atom stereocenters. The number of carbonyl (C=O) groups is 1. The summed E-state index contributed by atoms with van der Waals surface area (Å²) < 4.78 is 6.06. The van der Waals surface area contributed by atoms with Crippen molar-refractivity contribution in [3.05, 3.63) is 48.2 Å². The number of hydrogen-bond donors (Lipinski definition) is 2. The van der Waals surface area contributed by atoms with E-state index in [0.29, 0.717) is 24.0 Å². The smallest absolute Gasteiger partial charge is 0.226 e. The highest BCUT2D eigenvalue weighted by molar-refractivity contribution is 6.00. The first-order valence-electron chi connectivity index (χ1n) is 8.72. The summed E-state index contributed by atoms with van der Waals surface area (Å²) >= 11 is 0. The fourth-order valence-electron chi connectivity index (χ4n) is 2.89. The quantitative estimate of drug-likeness (QED) is 0.628. The monoisotopic (exact) mass is 348 g/mol. The van der Waals surface area contributed by atoms with Gasteiger partial charge < -0.3 is 15.4 Å². The van der Waals surface area contributed by atoms with Gasteiger partial charge >= 0.3 is 0 Å². The fourth-order valence-corrected chi connectivity index (χ4v) is 2.89. The van der Waals surface area contributed by atoms with Gasteiger partial charge in [-0.1, -0.05) is 24.3 Å². The Morgan fingerprint density at radius 1 is 1.15 bits per heavy atom. The Kier molecular flexibility index (Phi) is 4.39. The van der Waals surface area contributed by atoms with Crippen molar-refractivity contribution in [2.45, 2.75) is 19.8 Å². The van der Waals surface area contributed by atoms with E-state index < -0.39 is 0 Å². The number of carbonyl (C=O) groups excluding carboxylic acids is 1. The molecule has 1 fully saturated rings. The molecule has 0 radical (unpaired) electrons. The summed E-state index contributed by atoms with van der Waals surface area (Å²) in [6.45, 7) is 2.82. The van der Waals surface area contributed by atoms with Crippen LogP contribution in [0.25, 0.3) is 10.8 Å². The van der Waals surface area contributed by atoms with Crippen LogP contribution in [0, 0.1) is 12.8 Å². The molecule has 2 N–H and O–H groups in total. The topological polar surface area (TPSA) is 76.1 Å². The normalized spacial score (nSPS) is 13.4. The van der Waals surface area contributed by atoms with Crippen molar-refractivity contribution in [2.75, 3.05) is 17.2 Å². The van der Waals surface area contributed by atoms with E-state index in [4.69, 9.17) is 4.74 Å². The Labute approximate surface area is 151 Å². The number of nitrogens with zero attached hydrogens (tertiary/aromatic N) is 2. The first kappa shape index (κ1) is 16.3. The van der Waals surface area contributed by atoms with Crippen molar-refractivity contribution < 1.29 is 9.53 Å². The number of nitrogens with one attached hydrogen (secondary N) is 2. The molecule has 0 saturated heterocycles. The molecule has 1 saturated carbocycles. The molecule has 1 aromatic heterocycles. The number of aryl methyl sites for hydroxylation is 1. The molecule has 1 heterocycles. The largest absolute Gasteiger partial charge is 0.438 e. The van der Waals surface area contributed by atoms with Gasteiger partial charge in [0.1, 0.15) is 5.75 Å². The van der Waals surface area contributed by atoms with Gasteiger partial charge in [-0.3, -0.25) is 4.79 Å². The van der Waals surface area contributed by atoms with Crippen LogP contribution < -0.4 is 15.4 Å². The van der Waals surface area contributed by atoms with E-state index in [9.17, 15) is 4.79 Å². The zero-order valence-corrected chi connectivity index (χ0v) is 14.5. The van der Waals surface area contributed by atoms with Gasteiger partial charge in [0, 0.05) is 34.8 Å². The molecule has 1 aliphatic carbocycles. The second kappa shape index (κ2) is 7.00. The van der Waals surface area contributed by atoms with Crippen molar-refractivity contribution in [2.24, 2.45) is 5.92 Å². The molecule has 2 aromatic carbocycles. The molecular weight excluding hydrogens is 328 g/mol. The van der Waals surface area contributed by atoms with Gasteiger partial charge in [-0.15, -0.1) is 0 Å². The van der Waals surface area contributed by atoms with E-state index in [2.05, 4.69) is 20.6 Å². The van der Waals surface area contributed by atoms with Gasteiger partial charge in [-0.25, -0.2) is 4.98 Å². The zero-order chi connectivity index (χ0) is 17.9. The zero-order valence-electron chi connectivity index (χ0n) is 14.5. The molecule has 0 aliphatic heterocycles. The standard InChI is InChI=1S/C20H20N4O2/c1-13-10-19(24-20(23-13)21-11-14-6-7-14)26-18-9-8-17(22-12-25)15-4-2-3-5-16(15)18/h2-5,8-10,12,14H,6-7,11H2,1H3,(H,22,25)(H,21,23,24). The van der Waals surface area contributed by atoms with Crippen LogP contribution >= 0.6 is 0 Å². The Morgan fingerprint density at radius 2 is 1.96 bits per heavy atom. The van der Waals surface area contributed by atoms with Gasteiger partial charge in [0.05, 0.1) is 0 Å². The molecule has 1 amide bonds. The summed E-state index contributed by atoms with van der Waals surface area (Å²) in [6.07, 6.45) is 3.22. The lowest BCUT2D eigenvalue weighted by Crippen LogP contribution is -2.08. The van der Waals surface area contributed by atoms with Crippen LogP contribution in [0.3, 0.4) is 0 Å². The van der Waals surface area contributed by atoms with Crippen LogP contribution in [0.4, 0.5) is 11.6 Å². The van der Waals surface area contributed by atoms with E-state index in [1.165, 1.54) is 12.8 Å². The Morgan fingerprint density at radius 3 is 2.73 bits per heavy atom. The third-order valence-corrected chi connectivity index (χ3v) is 4.39. The lowest BCUT2D eigenvalue weighted by atomic mass is 10.1. The van der Waals surface area contributed by atoms with Crippen molar-refractivity contribution >= 4 is 28.8 Å². The number of fused-ring (bicyclic) bond motifs is 1. The lowest BCUT2D eigenvalue weighted by Gasteiger charge is -2.12. The van der Waals surface area contributed by atoms with Gasteiger partial charge in [0.25, 0.3) is 0 Å². The number of rotatable bonds is 7. The number of ether oxygens (including phenoxy) is 1. The van der Waals surface area contributed by atoms with E-state index in [1.807, 2.05) is 49.4 Å². The summed E-state index contributed by atoms with van der Waals surface area (Å²) in [5, 5.41) is 7.82. The fraction of sp³-hybridized carbons (Fsp3) is 0.250. The Bertz CT molecular complexity index is 954. The predicted molar refractivity (Wildman–Crippen MR) is 102 cm³/mol. The number of amides is 1. The highest BCUT2D eigenvalue weighted by atomic mass is 16.5. The predicted octanol–water partition coefficient (Wildman–Crippen LogP) is 4.12. The van der Waals surface area contributed by atoms with E-state index >= 15 is 0 Å². The van der Waals surface area contributed by atoms with Crippen LogP contribution in [-0.4, -0.2) is 22.9 Å².